The van der Waals surface area contributed by atoms with Crippen molar-refractivity contribution in [1.29, 1.82) is 0 Å². The Morgan fingerprint density at radius 3 is 2.28 bits per heavy atom. The van der Waals surface area contributed by atoms with Gasteiger partial charge in [0.1, 0.15) is 0 Å². The number of esters is 1. The molecular weight excluding hydrogens is 411 g/mol. The largest absolute Gasteiger partial charge is 0.466 e. The van der Waals surface area contributed by atoms with Gasteiger partial charge in [0.25, 0.3) is 5.60 Å². The first-order valence-corrected chi connectivity index (χ1v) is 8.69. The van der Waals surface area contributed by atoms with E-state index in [0.717, 1.165) is 7.11 Å². The maximum atomic E-state index is 13.9. The van der Waals surface area contributed by atoms with Crippen LogP contribution in [0.2, 0.25) is 5.02 Å². The van der Waals surface area contributed by atoms with E-state index in [4.69, 9.17) is 11.6 Å². The molecule has 29 heavy (non-hydrogen) atoms. The molecule has 2 aromatic heterocycles. The third kappa shape index (κ3) is 3.18. The Labute approximate surface area is 168 Å². The number of benzene rings is 1. The first-order chi connectivity index (χ1) is 13.5. The molecule has 1 unspecified atom stereocenters. The van der Waals surface area contributed by atoms with Crippen LogP contribution in [0.15, 0.2) is 48.7 Å². The van der Waals surface area contributed by atoms with Crippen molar-refractivity contribution in [3.63, 3.8) is 0 Å². The summed E-state index contributed by atoms with van der Waals surface area (Å²) in [7, 11) is 0.742. The van der Waals surface area contributed by atoms with Crippen LogP contribution in [-0.2, 0) is 15.1 Å². The van der Waals surface area contributed by atoms with Crippen LogP contribution in [0.25, 0.3) is 5.52 Å². The summed E-state index contributed by atoms with van der Waals surface area (Å²) < 4.78 is 47.0. The Kier molecular flexibility index (Phi) is 5.19. The highest BCUT2D eigenvalue weighted by molar-refractivity contribution is 6.30. The Bertz CT molecular complexity index is 1110. The quantitative estimate of drug-likeness (QED) is 0.505. The van der Waals surface area contributed by atoms with Gasteiger partial charge >= 0.3 is 12.1 Å². The molecule has 1 N–H and O–H groups in total. The lowest BCUT2D eigenvalue weighted by Crippen LogP contribution is -2.50. The molecule has 0 spiro atoms. The molecule has 152 valence electrons. The van der Waals surface area contributed by atoms with Gasteiger partial charge in [-0.15, -0.1) is 0 Å². The number of carbonyl (C=O) groups is 2. The predicted octanol–water partition coefficient (Wildman–Crippen LogP) is 4.06. The van der Waals surface area contributed by atoms with Crippen molar-refractivity contribution in [1.82, 2.24) is 4.40 Å². The van der Waals surface area contributed by atoms with Crippen LogP contribution in [0.5, 0.6) is 0 Å². The lowest BCUT2D eigenvalue weighted by Gasteiger charge is -2.28. The van der Waals surface area contributed by atoms with Crippen molar-refractivity contribution in [3.05, 3.63) is 76.1 Å². The summed E-state index contributed by atoms with van der Waals surface area (Å²) in [5, 5.41) is 10.9. The first-order valence-electron chi connectivity index (χ1n) is 8.32. The molecule has 2 heterocycles. The molecule has 0 saturated heterocycles. The predicted molar refractivity (Wildman–Crippen MR) is 99.0 cm³/mol. The molecule has 0 amide bonds. The topological polar surface area (TPSA) is 68.0 Å². The van der Waals surface area contributed by atoms with E-state index in [1.807, 2.05) is 0 Å². The minimum Gasteiger partial charge on any atom is -0.466 e. The van der Waals surface area contributed by atoms with Gasteiger partial charge in [-0.25, -0.2) is 4.79 Å². The zero-order chi connectivity index (χ0) is 21.6. The van der Waals surface area contributed by atoms with Gasteiger partial charge in [-0.1, -0.05) is 17.7 Å². The fraction of sp³-hybridized carbons (Fsp3) is 0.200. The number of aromatic nitrogens is 1. The summed E-state index contributed by atoms with van der Waals surface area (Å²) >= 11 is 5.83. The van der Waals surface area contributed by atoms with Crippen LogP contribution in [-0.4, -0.2) is 34.5 Å². The summed E-state index contributed by atoms with van der Waals surface area (Å²) in [5.74, 6) is -2.49. The third-order valence-electron chi connectivity index (χ3n) is 4.66. The number of ether oxygens (including phenoxy) is 1. The Balaban J connectivity index is 2.36. The molecule has 0 fully saturated rings. The van der Waals surface area contributed by atoms with Crippen molar-refractivity contribution >= 4 is 28.9 Å². The third-order valence-corrected chi connectivity index (χ3v) is 4.91. The maximum Gasteiger partial charge on any atom is 0.432 e. The molecule has 0 aliphatic carbocycles. The van der Waals surface area contributed by atoms with Crippen molar-refractivity contribution in [2.24, 2.45) is 0 Å². The second kappa shape index (κ2) is 7.20. The lowest BCUT2D eigenvalue weighted by atomic mass is 9.89. The van der Waals surface area contributed by atoms with Crippen LogP contribution >= 0.6 is 11.6 Å². The summed E-state index contributed by atoms with van der Waals surface area (Å²) in [5.41, 5.74) is -4.98. The number of ketones is 1. The minimum absolute atomic E-state index is 0.121. The molecule has 1 aromatic carbocycles. The number of hydrogen-bond donors (Lipinski definition) is 1. The zero-order valence-corrected chi connectivity index (χ0v) is 16.0. The number of rotatable bonds is 4. The monoisotopic (exact) mass is 425 g/mol. The number of aliphatic hydroxyl groups is 1. The van der Waals surface area contributed by atoms with Crippen molar-refractivity contribution in [2.75, 3.05) is 7.11 Å². The van der Waals surface area contributed by atoms with E-state index in [-0.39, 0.29) is 22.3 Å². The van der Waals surface area contributed by atoms with E-state index in [0.29, 0.717) is 5.02 Å². The Morgan fingerprint density at radius 1 is 1.10 bits per heavy atom. The van der Waals surface area contributed by atoms with Gasteiger partial charge in [0.15, 0.2) is 0 Å². The van der Waals surface area contributed by atoms with E-state index < -0.39 is 29.1 Å². The standard InChI is InChI=1S/C20H15ClF3NO4/c1-11-15(19(28,18(27)29-2)20(22,23)24)14-5-3-4-10-25(14)16(11)17(26)12-6-8-13(21)9-7-12/h3-10,28H,1-2H3. The van der Waals surface area contributed by atoms with Gasteiger partial charge in [-0.05, 0) is 48.9 Å². The highest BCUT2D eigenvalue weighted by Gasteiger charge is 2.64. The van der Waals surface area contributed by atoms with Gasteiger partial charge in [-0.3, -0.25) is 4.79 Å². The number of nitrogens with zero attached hydrogens (tertiary/aromatic N) is 1. The molecule has 9 heteroatoms. The Morgan fingerprint density at radius 2 is 1.72 bits per heavy atom. The van der Waals surface area contributed by atoms with Crippen molar-refractivity contribution in [2.45, 2.75) is 18.7 Å². The summed E-state index contributed by atoms with van der Waals surface area (Å²) in [6, 6.07) is 10.0. The van der Waals surface area contributed by atoms with Gasteiger partial charge in [0.05, 0.1) is 18.3 Å². The van der Waals surface area contributed by atoms with Gasteiger partial charge in [0.2, 0.25) is 5.78 Å². The zero-order valence-electron chi connectivity index (χ0n) is 15.2. The second-order valence-electron chi connectivity index (χ2n) is 6.34. The number of carbonyl (C=O) groups excluding carboxylic acids is 2. The van der Waals surface area contributed by atoms with Crippen molar-refractivity contribution in [3.8, 4) is 0 Å². The molecule has 0 aliphatic heterocycles. The minimum atomic E-state index is -5.39. The number of hydrogen-bond acceptors (Lipinski definition) is 4. The van der Waals surface area contributed by atoms with E-state index in [9.17, 15) is 27.9 Å². The molecule has 0 aliphatic rings. The van der Waals surface area contributed by atoms with Gasteiger partial charge in [-0.2, -0.15) is 13.2 Å². The molecule has 0 saturated carbocycles. The molecule has 0 radical (unpaired) electrons. The number of alkyl halides is 3. The maximum absolute atomic E-state index is 13.9. The van der Waals surface area contributed by atoms with Crippen LogP contribution < -0.4 is 0 Å². The summed E-state index contributed by atoms with van der Waals surface area (Å²) in [6.45, 7) is 1.24. The molecule has 5 nitrogen and oxygen atoms in total. The molecule has 3 rings (SSSR count). The SMILES string of the molecule is COC(=O)C(O)(c1c(C)c(C(=O)c2ccc(Cl)cc2)n2ccccc12)C(F)(F)F. The van der Waals surface area contributed by atoms with Gasteiger partial charge in [0, 0.05) is 22.3 Å². The number of pyridine rings is 1. The highest BCUT2D eigenvalue weighted by atomic mass is 35.5. The Hall–Kier alpha value is -2.84. The highest BCUT2D eigenvalue weighted by Crippen LogP contribution is 2.44. The fourth-order valence-electron chi connectivity index (χ4n) is 3.31. The van der Waals surface area contributed by atoms with E-state index in [1.54, 1.807) is 0 Å². The van der Waals surface area contributed by atoms with E-state index >= 15 is 0 Å². The fourth-order valence-corrected chi connectivity index (χ4v) is 3.44. The van der Waals surface area contributed by atoms with Gasteiger partial charge < -0.3 is 14.2 Å². The first kappa shape index (κ1) is 20.9. The van der Waals surface area contributed by atoms with E-state index in [2.05, 4.69) is 4.74 Å². The summed E-state index contributed by atoms with van der Waals surface area (Å²) in [4.78, 5) is 25.1. The van der Waals surface area contributed by atoms with Crippen LogP contribution in [0, 0.1) is 6.92 Å². The van der Waals surface area contributed by atoms with Crippen LogP contribution in [0.4, 0.5) is 13.2 Å². The molecule has 3 aromatic rings. The lowest BCUT2D eigenvalue weighted by molar-refractivity contribution is -0.266. The van der Waals surface area contributed by atoms with Crippen LogP contribution in [0.1, 0.15) is 27.2 Å². The summed E-state index contributed by atoms with van der Waals surface area (Å²) in [6.07, 6.45) is -4.01. The number of methoxy groups -OCH3 is 1. The average molecular weight is 426 g/mol. The normalized spacial score (nSPS) is 13.9. The molecule has 1 atom stereocenters. The van der Waals surface area contributed by atoms with Crippen molar-refractivity contribution < 1.29 is 32.6 Å². The average Bonchev–Trinajstić information content (AvgIpc) is 2.97. The van der Waals surface area contributed by atoms with E-state index in [1.165, 1.54) is 60.0 Å². The molecular formula is C20H15ClF3NO4. The number of fused-ring (bicyclic) bond motifs is 1. The number of halogens is 4. The second-order valence-corrected chi connectivity index (χ2v) is 6.78. The smallest absolute Gasteiger partial charge is 0.432 e. The van der Waals surface area contributed by atoms with Crippen LogP contribution in [0.3, 0.4) is 0 Å². The molecule has 0 bridgehead atoms.